The lowest BCUT2D eigenvalue weighted by Gasteiger charge is -2.17. The number of halogens is 1. The fourth-order valence-electron chi connectivity index (χ4n) is 1.25. The second-order valence-electron chi connectivity index (χ2n) is 4.67. The van der Waals surface area contributed by atoms with Crippen molar-refractivity contribution in [2.75, 3.05) is 41.1 Å². The first-order valence-corrected chi connectivity index (χ1v) is 8.21. The molecule has 0 atom stereocenters. The summed E-state index contributed by atoms with van der Waals surface area (Å²) in [5.41, 5.74) is 1.36. The van der Waals surface area contributed by atoms with Gasteiger partial charge < -0.3 is 4.74 Å². The molecule has 0 heterocycles. The second-order valence-corrected chi connectivity index (χ2v) is 5.90. The number of esters is 1. The van der Waals surface area contributed by atoms with Crippen LogP contribution in [0.1, 0.15) is 22.8 Å². The maximum Gasteiger partial charge on any atom is 0.339 e. The molecule has 120 valence electrons. The molecule has 1 rings (SSSR count). The van der Waals surface area contributed by atoms with Crippen LogP contribution in [0.5, 0.6) is 0 Å². The molecule has 21 heavy (non-hydrogen) atoms. The Bertz CT molecular complexity index is 459. The molecule has 0 saturated carbocycles. The maximum atomic E-state index is 11.5. The molecule has 6 heteroatoms. The third-order valence-electron chi connectivity index (χ3n) is 2.85. The van der Waals surface area contributed by atoms with Gasteiger partial charge in [-0.3, -0.25) is 0 Å². The standard InChI is InChI=1S/C11H13ClO2S.C4H12N2/c1-4-14-11(13)8-5-6-9(15-3)7(2)10(8)12;1-5(2)6(3)4/h5-6H,4H2,1-3H3;1-4H3. The van der Waals surface area contributed by atoms with E-state index in [0.717, 1.165) is 10.5 Å². The highest BCUT2D eigenvalue weighted by molar-refractivity contribution is 7.98. The van der Waals surface area contributed by atoms with E-state index < -0.39 is 0 Å². The number of ether oxygens (including phenoxy) is 1. The molecular weight excluding hydrogens is 308 g/mol. The van der Waals surface area contributed by atoms with Crippen LogP contribution in [0.3, 0.4) is 0 Å². The van der Waals surface area contributed by atoms with Gasteiger partial charge in [0.05, 0.1) is 17.2 Å². The van der Waals surface area contributed by atoms with Crippen LogP contribution in [0, 0.1) is 6.92 Å². The van der Waals surface area contributed by atoms with E-state index in [-0.39, 0.29) is 5.97 Å². The Balaban J connectivity index is 0.000000567. The predicted octanol–water partition coefficient (Wildman–Crippen LogP) is 3.57. The minimum absolute atomic E-state index is 0.360. The molecule has 1 aromatic rings. The predicted molar refractivity (Wildman–Crippen MR) is 91.3 cm³/mol. The van der Waals surface area contributed by atoms with Crippen molar-refractivity contribution in [3.63, 3.8) is 0 Å². The summed E-state index contributed by atoms with van der Waals surface area (Å²) in [6.07, 6.45) is 1.97. The van der Waals surface area contributed by atoms with Gasteiger partial charge in [0.25, 0.3) is 0 Å². The van der Waals surface area contributed by atoms with Gasteiger partial charge >= 0.3 is 5.97 Å². The summed E-state index contributed by atoms with van der Waals surface area (Å²) in [5, 5.41) is 4.49. The largest absolute Gasteiger partial charge is 0.462 e. The van der Waals surface area contributed by atoms with E-state index in [0.29, 0.717) is 17.2 Å². The molecule has 0 bridgehead atoms. The zero-order chi connectivity index (χ0) is 16.6. The summed E-state index contributed by atoms with van der Waals surface area (Å²) in [7, 11) is 8.00. The van der Waals surface area contributed by atoms with Gasteiger partial charge in [0, 0.05) is 33.1 Å². The van der Waals surface area contributed by atoms with Gasteiger partial charge in [0.2, 0.25) is 0 Å². The van der Waals surface area contributed by atoms with Crippen LogP contribution in [0.2, 0.25) is 5.02 Å². The van der Waals surface area contributed by atoms with Crippen LogP contribution in [0.15, 0.2) is 17.0 Å². The molecule has 0 unspecified atom stereocenters. The molecular formula is C15H25ClN2O2S. The Labute approximate surface area is 137 Å². The molecule has 0 aromatic heterocycles. The fourth-order valence-corrected chi connectivity index (χ4v) is 2.17. The minimum atomic E-state index is -0.363. The first-order valence-electron chi connectivity index (χ1n) is 6.60. The molecule has 1 aromatic carbocycles. The number of hydrogen-bond donors (Lipinski definition) is 0. The Morgan fingerprint density at radius 1 is 1.24 bits per heavy atom. The topological polar surface area (TPSA) is 32.8 Å². The van der Waals surface area contributed by atoms with Gasteiger partial charge in [-0.15, -0.1) is 11.8 Å². The molecule has 0 fully saturated rings. The highest BCUT2D eigenvalue weighted by atomic mass is 35.5. The van der Waals surface area contributed by atoms with Gasteiger partial charge in [-0.1, -0.05) is 11.6 Å². The van der Waals surface area contributed by atoms with Crippen molar-refractivity contribution in [3.8, 4) is 0 Å². The fraction of sp³-hybridized carbons (Fsp3) is 0.533. The number of hydrazine groups is 1. The van der Waals surface area contributed by atoms with E-state index >= 15 is 0 Å². The lowest BCUT2D eigenvalue weighted by atomic mass is 10.1. The molecule has 0 aliphatic carbocycles. The van der Waals surface area contributed by atoms with Crippen LogP contribution < -0.4 is 0 Å². The van der Waals surface area contributed by atoms with Gasteiger partial charge in [0.1, 0.15) is 0 Å². The molecule has 0 radical (unpaired) electrons. The van der Waals surface area contributed by atoms with Crippen LogP contribution in [0.4, 0.5) is 0 Å². The number of carbonyl (C=O) groups is 1. The molecule has 4 nitrogen and oxygen atoms in total. The van der Waals surface area contributed by atoms with Crippen molar-refractivity contribution < 1.29 is 9.53 Å². The number of rotatable bonds is 4. The quantitative estimate of drug-likeness (QED) is 0.478. The second kappa shape index (κ2) is 10.1. The van der Waals surface area contributed by atoms with E-state index in [4.69, 9.17) is 16.3 Å². The van der Waals surface area contributed by atoms with Crippen molar-refractivity contribution in [2.45, 2.75) is 18.7 Å². The summed E-state index contributed by atoms with van der Waals surface area (Å²) in [6.45, 7) is 4.03. The molecule has 0 aliphatic rings. The van der Waals surface area contributed by atoms with Gasteiger partial charge in [0.15, 0.2) is 0 Å². The normalized spacial score (nSPS) is 10.4. The summed E-state index contributed by atoms with van der Waals surface area (Å²) in [6, 6.07) is 3.59. The zero-order valence-corrected chi connectivity index (χ0v) is 15.4. The molecule has 0 aliphatic heterocycles. The highest BCUT2D eigenvalue weighted by Crippen LogP contribution is 2.29. The average molecular weight is 333 g/mol. The van der Waals surface area contributed by atoms with Crippen LogP contribution in [-0.4, -0.2) is 57.0 Å². The van der Waals surface area contributed by atoms with Crippen molar-refractivity contribution in [2.24, 2.45) is 0 Å². The van der Waals surface area contributed by atoms with Gasteiger partial charge in [-0.25, -0.2) is 14.8 Å². The van der Waals surface area contributed by atoms with Crippen molar-refractivity contribution in [3.05, 3.63) is 28.3 Å². The summed E-state index contributed by atoms with van der Waals surface area (Å²) in [5.74, 6) is -0.363. The van der Waals surface area contributed by atoms with Crippen LogP contribution >= 0.6 is 23.4 Å². The lowest BCUT2D eigenvalue weighted by Crippen LogP contribution is -2.28. The van der Waals surface area contributed by atoms with Crippen LogP contribution in [0.25, 0.3) is 0 Å². The number of nitrogens with zero attached hydrogens (tertiary/aromatic N) is 2. The number of benzene rings is 1. The number of hydrogen-bond acceptors (Lipinski definition) is 5. The SMILES string of the molecule is CCOC(=O)c1ccc(SC)c(C)c1Cl.CN(C)N(C)C. The third kappa shape index (κ3) is 6.70. The summed E-state index contributed by atoms with van der Waals surface area (Å²) < 4.78 is 4.91. The van der Waals surface area contributed by atoms with Crippen molar-refractivity contribution in [1.82, 2.24) is 10.0 Å². The first kappa shape index (κ1) is 20.2. The van der Waals surface area contributed by atoms with E-state index in [2.05, 4.69) is 0 Å². The first-order chi connectivity index (χ1) is 9.76. The minimum Gasteiger partial charge on any atom is -0.462 e. The van der Waals surface area contributed by atoms with E-state index in [9.17, 15) is 4.79 Å². The monoisotopic (exact) mass is 332 g/mol. The van der Waals surface area contributed by atoms with Gasteiger partial charge in [-0.05, 0) is 37.8 Å². The smallest absolute Gasteiger partial charge is 0.339 e. The van der Waals surface area contributed by atoms with Crippen LogP contribution in [-0.2, 0) is 4.74 Å². The highest BCUT2D eigenvalue weighted by Gasteiger charge is 2.14. The summed E-state index contributed by atoms with van der Waals surface area (Å²) in [4.78, 5) is 12.6. The van der Waals surface area contributed by atoms with E-state index in [1.165, 1.54) is 0 Å². The lowest BCUT2D eigenvalue weighted by molar-refractivity contribution is 0.0526. The molecule has 0 amide bonds. The Morgan fingerprint density at radius 2 is 1.76 bits per heavy atom. The van der Waals surface area contributed by atoms with E-state index in [1.54, 1.807) is 24.8 Å². The number of carbonyl (C=O) groups excluding carboxylic acids is 1. The van der Waals surface area contributed by atoms with Gasteiger partial charge in [-0.2, -0.15) is 0 Å². The molecule has 0 saturated heterocycles. The zero-order valence-electron chi connectivity index (χ0n) is 13.9. The Kier molecular flexibility index (Phi) is 9.70. The maximum absolute atomic E-state index is 11.5. The molecule has 0 spiro atoms. The summed E-state index contributed by atoms with van der Waals surface area (Å²) >= 11 is 7.70. The Morgan fingerprint density at radius 3 is 2.14 bits per heavy atom. The Hall–Kier alpha value is -0.750. The average Bonchev–Trinajstić information content (AvgIpc) is 2.42. The van der Waals surface area contributed by atoms with Crippen molar-refractivity contribution >= 4 is 29.3 Å². The third-order valence-corrected chi connectivity index (χ3v) is 4.22. The molecule has 0 N–H and O–H groups in total. The van der Waals surface area contributed by atoms with Crippen molar-refractivity contribution in [1.29, 1.82) is 0 Å². The number of thioether (sulfide) groups is 1. The van der Waals surface area contributed by atoms with E-state index in [1.807, 2.05) is 57.5 Å².